The fourth-order valence-electron chi connectivity index (χ4n) is 1.95. The van der Waals surface area contributed by atoms with Crippen LogP contribution in [0.3, 0.4) is 0 Å². The van der Waals surface area contributed by atoms with Gasteiger partial charge >= 0.3 is 0 Å². The molecule has 21 heavy (non-hydrogen) atoms. The number of aliphatic hydroxyl groups is 1. The fraction of sp³-hybridized carbons (Fsp3) is 0.400. The second kappa shape index (κ2) is 7.54. The largest absolute Gasteiger partial charge is 0.387 e. The SMILES string of the molecule is CC(O)c1cn(CC(=O)NCCCc2ccccc2)nn1. The zero-order chi connectivity index (χ0) is 15.1. The standard InChI is InChI=1S/C15H20N4O2/c1-12(20)14-10-19(18-17-14)11-15(21)16-9-5-8-13-6-3-2-4-7-13/h2-4,6-7,10,12,20H,5,8-9,11H2,1H3,(H,16,21). The van der Waals surface area contributed by atoms with Gasteiger partial charge < -0.3 is 10.4 Å². The molecule has 0 radical (unpaired) electrons. The Kier molecular flexibility index (Phi) is 5.45. The highest BCUT2D eigenvalue weighted by Gasteiger charge is 2.08. The molecular formula is C15H20N4O2. The van der Waals surface area contributed by atoms with Gasteiger partial charge in [0.25, 0.3) is 0 Å². The monoisotopic (exact) mass is 288 g/mol. The molecule has 1 amide bonds. The Morgan fingerprint density at radius 3 is 2.81 bits per heavy atom. The van der Waals surface area contributed by atoms with Crippen LogP contribution in [0.15, 0.2) is 36.5 Å². The summed E-state index contributed by atoms with van der Waals surface area (Å²) in [6, 6.07) is 10.2. The predicted octanol–water partition coefficient (Wildman–Crippen LogP) is 1.08. The Morgan fingerprint density at radius 2 is 2.14 bits per heavy atom. The maximum absolute atomic E-state index is 11.7. The first kappa shape index (κ1) is 15.2. The zero-order valence-electron chi connectivity index (χ0n) is 12.1. The zero-order valence-corrected chi connectivity index (χ0v) is 12.1. The molecule has 1 aromatic heterocycles. The molecule has 112 valence electrons. The quantitative estimate of drug-likeness (QED) is 0.747. The van der Waals surface area contributed by atoms with Crippen LogP contribution < -0.4 is 5.32 Å². The van der Waals surface area contributed by atoms with Gasteiger partial charge in [0.2, 0.25) is 5.91 Å². The Bertz CT molecular complexity index is 566. The summed E-state index contributed by atoms with van der Waals surface area (Å²) in [7, 11) is 0. The maximum atomic E-state index is 11.7. The number of aliphatic hydroxyl groups excluding tert-OH is 1. The molecule has 1 aromatic carbocycles. The number of nitrogens with one attached hydrogen (secondary N) is 1. The van der Waals surface area contributed by atoms with Crippen LogP contribution in [0.5, 0.6) is 0 Å². The van der Waals surface area contributed by atoms with Gasteiger partial charge in [0.15, 0.2) is 0 Å². The summed E-state index contributed by atoms with van der Waals surface area (Å²) >= 11 is 0. The normalized spacial score (nSPS) is 12.1. The first-order chi connectivity index (χ1) is 10.1. The molecule has 0 fully saturated rings. The van der Waals surface area contributed by atoms with Crippen molar-refractivity contribution in [3.63, 3.8) is 0 Å². The molecule has 6 heteroatoms. The van der Waals surface area contributed by atoms with E-state index in [2.05, 4.69) is 27.8 Å². The van der Waals surface area contributed by atoms with Crippen molar-refractivity contribution < 1.29 is 9.90 Å². The smallest absolute Gasteiger partial charge is 0.241 e. The van der Waals surface area contributed by atoms with Crippen LogP contribution in [0.1, 0.15) is 30.7 Å². The van der Waals surface area contributed by atoms with E-state index in [0.717, 1.165) is 12.8 Å². The topological polar surface area (TPSA) is 80.0 Å². The number of amides is 1. The van der Waals surface area contributed by atoms with Gasteiger partial charge in [-0.1, -0.05) is 35.5 Å². The van der Waals surface area contributed by atoms with Gasteiger partial charge in [0.05, 0.1) is 12.3 Å². The van der Waals surface area contributed by atoms with Gasteiger partial charge in [-0.2, -0.15) is 0 Å². The number of aromatic nitrogens is 3. The van der Waals surface area contributed by atoms with E-state index < -0.39 is 6.10 Å². The fourth-order valence-corrected chi connectivity index (χ4v) is 1.95. The van der Waals surface area contributed by atoms with Crippen molar-refractivity contribution in [3.8, 4) is 0 Å². The summed E-state index contributed by atoms with van der Waals surface area (Å²) in [5.41, 5.74) is 1.73. The highest BCUT2D eigenvalue weighted by atomic mass is 16.3. The minimum Gasteiger partial charge on any atom is -0.387 e. The first-order valence-corrected chi connectivity index (χ1v) is 7.04. The molecule has 0 spiro atoms. The number of hydrogen-bond acceptors (Lipinski definition) is 4. The average molecular weight is 288 g/mol. The van der Waals surface area contributed by atoms with Crippen LogP contribution in [0, 0.1) is 0 Å². The molecule has 0 aliphatic carbocycles. The molecule has 0 saturated carbocycles. The Labute approximate surface area is 123 Å². The van der Waals surface area contributed by atoms with Crippen LogP contribution >= 0.6 is 0 Å². The number of hydrogen-bond donors (Lipinski definition) is 2. The van der Waals surface area contributed by atoms with E-state index in [1.165, 1.54) is 10.2 Å². The Morgan fingerprint density at radius 1 is 1.38 bits per heavy atom. The van der Waals surface area contributed by atoms with E-state index in [0.29, 0.717) is 12.2 Å². The van der Waals surface area contributed by atoms with E-state index >= 15 is 0 Å². The summed E-state index contributed by atoms with van der Waals surface area (Å²) in [6.45, 7) is 2.36. The maximum Gasteiger partial charge on any atom is 0.241 e. The lowest BCUT2D eigenvalue weighted by molar-refractivity contribution is -0.121. The summed E-state index contributed by atoms with van der Waals surface area (Å²) < 4.78 is 1.43. The van der Waals surface area contributed by atoms with Crippen molar-refractivity contribution >= 4 is 5.91 Å². The minimum atomic E-state index is -0.673. The lowest BCUT2D eigenvalue weighted by Crippen LogP contribution is -2.28. The van der Waals surface area contributed by atoms with Gasteiger partial charge in [0.1, 0.15) is 12.2 Å². The third kappa shape index (κ3) is 5.00. The molecule has 0 saturated heterocycles. The second-order valence-corrected chi connectivity index (χ2v) is 4.96. The molecule has 0 bridgehead atoms. The Balaban J connectivity index is 1.67. The molecule has 1 unspecified atom stereocenters. The van der Waals surface area contributed by atoms with Crippen molar-refractivity contribution in [2.45, 2.75) is 32.4 Å². The highest BCUT2D eigenvalue weighted by molar-refractivity contribution is 5.75. The van der Waals surface area contributed by atoms with E-state index in [4.69, 9.17) is 0 Å². The molecule has 2 rings (SSSR count). The number of carbonyl (C=O) groups excluding carboxylic acids is 1. The lowest BCUT2D eigenvalue weighted by atomic mass is 10.1. The van der Waals surface area contributed by atoms with E-state index in [1.54, 1.807) is 13.1 Å². The van der Waals surface area contributed by atoms with Gasteiger partial charge in [-0.25, -0.2) is 4.68 Å². The lowest BCUT2D eigenvalue weighted by Gasteiger charge is -2.05. The number of rotatable bonds is 7. The van der Waals surface area contributed by atoms with E-state index in [-0.39, 0.29) is 12.5 Å². The Hall–Kier alpha value is -2.21. The molecule has 1 heterocycles. The summed E-state index contributed by atoms with van der Waals surface area (Å²) in [5.74, 6) is -0.106. The van der Waals surface area contributed by atoms with Gasteiger partial charge in [-0.3, -0.25) is 4.79 Å². The van der Waals surface area contributed by atoms with Crippen LogP contribution in [0.2, 0.25) is 0 Å². The molecule has 0 aliphatic rings. The average Bonchev–Trinajstić information content (AvgIpc) is 2.93. The number of nitrogens with zero attached hydrogens (tertiary/aromatic N) is 3. The molecular weight excluding hydrogens is 268 g/mol. The van der Waals surface area contributed by atoms with E-state index in [9.17, 15) is 9.90 Å². The van der Waals surface area contributed by atoms with Crippen molar-refractivity contribution in [2.24, 2.45) is 0 Å². The van der Waals surface area contributed by atoms with Crippen molar-refractivity contribution in [1.29, 1.82) is 0 Å². The van der Waals surface area contributed by atoms with Crippen molar-refractivity contribution in [2.75, 3.05) is 6.54 Å². The second-order valence-electron chi connectivity index (χ2n) is 4.96. The molecule has 2 aromatic rings. The number of aryl methyl sites for hydroxylation is 1. The van der Waals surface area contributed by atoms with Crippen molar-refractivity contribution in [1.82, 2.24) is 20.3 Å². The van der Waals surface area contributed by atoms with Crippen LogP contribution in [-0.2, 0) is 17.8 Å². The number of carbonyl (C=O) groups is 1. The number of benzene rings is 1. The van der Waals surface area contributed by atoms with Crippen molar-refractivity contribution in [3.05, 3.63) is 47.8 Å². The van der Waals surface area contributed by atoms with Crippen LogP contribution in [-0.4, -0.2) is 32.6 Å². The third-order valence-electron chi connectivity index (χ3n) is 3.10. The molecule has 2 N–H and O–H groups in total. The molecule has 0 aliphatic heterocycles. The molecule has 1 atom stereocenters. The molecule has 6 nitrogen and oxygen atoms in total. The highest BCUT2D eigenvalue weighted by Crippen LogP contribution is 2.06. The van der Waals surface area contributed by atoms with Crippen LogP contribution in [0.4, 0.5) is 0 Å². The summed E-state index contributed by atoms with van der Waals surface area (Å²) in [4.78, 5) is 11.7. The predicted molar refractivity (Wildman–Crippen MR) is 78.4 cm³/mol. The van der Waals surface area contributed by atoms with Gasteiger partial charge in [0, 0.05) is 6.54 Å². The third-order valence-corrected chi connectivity index (χ3v) is 3.10. The van der Waals surface area contributed by atoms with E-state index in [1.807, 2.05) is 18.2 Å². The first-order valence-electron chi connectivity index (χ1n) is 7.04. The minimum absolute atomic E-state index is 0.106. The summed E-state index contributed by atoms with van der Waals surface area (Å²) in [5, 5.41) is 19.8. The van der Waals surface area contributed by atoms with Crippen LogP contribution in [0.25, 0.3) is 0 Å². The summed E-state index contributed by atoms with van der Waals surface area (Å²) in [6.07, 6.45) is 2.74. The van der Waals surface area contributed by atoms with Gasteiger partial charge in [-0.05, 0) is 25.3 Å². The van der Waals surface area contributed by atoms with Gasteiger partial charge in [-0.15, -0.1) is 5.10 Å².